The van der Waals surface area contributed by atoms with E-state index in [1.54, 1.807) is 19.4 Å². The van der Waals surface area contributed by atoms with Crippen LogP contribution in [0.2, 0.25) is 0 Å². The number of hydroxylamine groups is 2. The zero-order valence-corrected chi connectivity index (χ0v) is 14.8. The van der Waals surface area contributed by atoms with Crippen LogP contribution in [0.4, 0.5) is 0 Å². The van der Waals surface area contributed by atoms with Crippen LogP contribution < -0.4 is 9.47 Å². The molecule has 1 aliphatic rings. The van der Waals surface area contributed by atoms with E-state index in [0.29, 0.717) is 19.1 Å². The number of benzene rings is 1. The Morgan fingerprint density at radius 2 is 1.96 bits per heavy atom. The molecule has 130 valence electrons. The van der Waals surface area contributed by atoms with Crippen LogP contribution in [0.25, 0.3) is 0 Å². The molecular weight excluding hydrogens is 294 g/mol. The van der Waals surface area contributed by atoms with Crippen LogP contribution in [0, 0.1) is 5.92 Å². The highest BCUT2D eigenvalue weighted by molar-refractivity contribution is 5.51. The molecule has 5 nitrogen and oxygen atoms in total. The number of rotatable bonds is 9. The van der Waals surface area contributed by atoms with Gasteiger partial charge >= 0.3 is 0 Å². The predicted octanol–water partition coefficient (Wildman–Crippen LogP) is 3.40. The second kappa shape index (κ2) is 9.11. The second-order valence-electron chi connectivity index (χ2n) is 5.81. The first-order valence-corrected chi connectivity index (χ1v) is 8.49. The number of methoxy groups -OCH3 is 2. The Morgan fingerprint density at radius 1 is 1.13 bits per heavy atom. The van der Waals surface area contributed by atoms with Gasteiger partial charge in [-0.2, -0.15) is 0 Å². The van der Waals surface area contributed by atoms with Crippen molar-refractivity contribution in [1.29, 1.82) is 0 Å². The number of hydrogen-bond donors (Lipinski definition) is 0. The standard InChI is InChI=1S/C18H29NO4/c1-5-11-23-19(22-6-2)13-14-7-9-16-15(12-14)8-10-17(20-3)18(16)21-4/h8,10,14H,5-7,9,11-13H2,1-4H3. The van der Waals surface area contributed by atoms with Crippen molar-refractivity contribution in [2.45, 2.75) is 39.5 Å². The van der Waals surface area contributed by atoms with Crippen molar-refractivity contribution in [3.63, 3.8) is 0 Å². The van der Waals surface area contributed by atoms with E-state index in [9.17, 15) is 0 Å². The van der Waals surface area contributed by atoms with Crippen molar-refractivity contribution in [3.8, 4) is 11.5 Å². The molecule has 0 aliphatic heterocycles. The summed E-state index contributed by atoms with van der Waals surface area (Å²) in [5.74, 6) is 2.21. The molecule has 0 radical (unpaired) electrons. The first-order chi connectivity index (χ1) is 11.2. The van der Waals surface area contributed by atoms with Crippen LogP contribution in [-0.2, 0) is 22.5 Å². The largest absolute Gasteiger partial charge is 0.493 e. The summed E-state index contributed by atoms with van der Waals surface area (Å²) in [5.41, 5.74) is 2.62. The average molecular weight is 323 g/mol. The number of ether oxygens (including phenoxy) is 2. The quantitative estimate of drug-likeness (QED) is 0.651. The Balaban J connectivity index is 2.05. The minimum atomic E-state index is 0.518. The van der Waals surface area contributed by atoms with Gasteiger partial charge in [-0.15, -0.1) is 0 Å². The van der Waals surface area contributed by atoms with E-state index >= 15 is 0 Å². The molecule has 0 bridgehead atoms. The molecule has 0 heterocycles. The van der Waals surface area contributed by atoms with Crippen molar-refractivity contribution < 1.29 is 19.1 Å². The lowest BCUT2D eigenvalue weighted by Crippen LogP contribution is -2.33. The molecule has 0 spiro atoms. The summed E-state index contributed by atoms with van der Waals surface area (Å²) in [5, 5.41) is 1.67. The maximum atomic E-state index is 5.67. The minimum absolute atomic E-state index is 0.518. The highest BCUT2D eigenvalue weighted by Gasteiger charge is 2.25. The highest BCUT2D eigenvalue weighted by atomic mass is 16.9. The van der Waals surface area contributed by atoms with Crippen LogP contribution >= 0.6 is 0 Å². The Kier molecular flexibility index (Phi) is 7.15. The Bertz CT molecular complexity index is 492. The van der Waals surface area contributed by atoms with Gasteiger partial charge in [0.25, 0.3) is 0 Å². The first kappa shape index (κ1) is 18.0. The molecule has 1 atom stereocenters. The molecule has 1 unspecified atom stereocenters. The van der Waals surface area contributed by atoms with Crippen LogP contribution in [0.15, 0.2) is 12.1 Å². The molecule has 23 heavy (non-hydrogen) atoms. The van der Waals surface area contributed by atoms with Crippen molar-refractivity contribution in [1.82, 2.24) is 5.23 Å². The van der Waals surface area contributed by atoms with Gasteiger partial charge in [0, 0.05) is 5.56 Å². The number of hydrogen-bond acceptors (Lipinski definition) is 5. The molecule has 1 aromatic carbocycles. The number of fused-ring (bicyclic) bond motifs is 1. The highest BCUT2D eigenvalue weighted by Crippen LogP contribution is 2.38. The smallest absolute Gasteiger partial charge is 0.164 e. The van der Waals surface area contributed by atoms with Gasteiger partial charge in [0.05, 0.1) is 34.0 Å². The molecule has 0 aromatic heterocycles. The van der Waals surface area contributed by atoms with Gasteiger partial charge in [-0.05, 0) is 50.2 Å². The fraction of sp³-hybridized carbons (Fsp3) is 0.667. The molecule has 0 saturated heterocycles. The third-order valence-electron chi connectivity index (χ3n) is 4.18. The van der Waals surface area contributed by atoms with Crippen LogP contribution in [0.3, 0.4) is 0 Å². The van der Waals surface area contributed by atoms with Crippen LogP contribution in [0.5, 0.6) is 11.5 Å². The monoisotopic (exact) mass is 323 g/mol. The normalized spacial score (nSPS) is 17.2. The molecule has 0 N–H and O–H groups in total. The predicted molar refractivity (Wildman–Crippen MR) is 89.6 cm³/mol. The van der Waals surface area contributed by atoms with Gasteiger partial charge in [-0.25, -0.2) is 0 Å². The van der Waals surface area contributed by atoms with Crippen LogP contribution in [0.1, 0.15) is 37.8 Å². The Hall–Kier alpha value is -1.30. The summed E-state index contributed by atoms with van der Waals surface area (Å²) in [4.78, 5) is 11.3. The van der Waals surface area contributed by atoms with Crippen molar-refractivity contribution >= 4 is 0 Å². The third-order valence-corrected chi connectivity index (χ3v) is 4.18. The van der Waals surface area contributed by atoms with E-state index in [1.807, 2.05) is 13.0 Å². The molecule has 1 aliphatic carbocycles. The fourth-order valence-electron chi connectivity index (χ4n) is 3.10. The summed E-state index contributed by atoms with van der Waals surface area (Å²) >= 11 is 0. The van der Waals surface area contributed by atoms with Crippen molar-refractivity contribution in [3.05, 3.63) is 23.3 Å². The molecule has 1 aromatic rings. The fourth-order valence-corrected chi connectivity index (χ4v) is 3.10. The van der Waals surface area contributed by atoms with Crippen molar-refractivity contribution in [2.24, 2.45) is 5.92 Å². The van der Waals surface area contributed by atoms with E-state index in [-0.39, 0.29) is 0 Å². The second-order valence-corrected chi connectivity index (χ2v) is 5.81. The zero-order valence-electron chi connectivity index (χ0n) is 14.8. The molecule has 2 rings (SSSR count). The maximum Gasteiger partial charge on any atom is 0.164 e. The van der Waals surface area contributed by atoms with E-state index in [4.69, 9.17) is 19.1 Å². The first-order valence-electron chi connectivity index (χ1n) is 8.49. The maximum absolute atomic E-state index is 5.67. The van der Waals surface area contributed by atoms with E-state index in [2.05, 4.69) is 13.0 Å². The topological polar surface area (TPSA) is 40.2 Å². The summed E-state index contributed by atoms with van der Waals surface area (Å²) < 4.78 is 11.0. The average Bonchev–Trinajstić information content (AvgIpc) is 2.58. The summed E-state index contributed by atoms with van der Waals surface area (Å²) in [6.07, 6.45) is 4.08. The third kappa shape index (κ3) is 4.59. The number of nitrogens with zero attached hydrogens (tertiary/aromatic N) is 1. The summed E-state index contributed by atoms with van der Waals surface area (Å²) in [7, 11) is 3.39. The van der Waals surface area contributed by atoms with Gasteiger partial charge in [0.15, 0.2) is 11.5 Å². The van der Waals surface area contributed by atoms with Gasteiger partial charge < -0.3 is 9.47 Å². The Morgan fingerprint density at radius 3 is 2.61 bits per heavy atom. The van der Waals surface area contributed by atoms with Crippen molar-refractivity contribution in [2.75, 3.05) is 34.0 Å². The molecule has 0 fully saturated rings. The SMILES string of the molecule is CCCON(CC1CCc2c(ccc(OC)c2OC)C1)OCC. The minimum Gasteiger partial charge on any atom is -0.493 e. The lowest BCUT2D eigenvalue weighted by atomic mass is 9.83. The van der Waals surface area contributed by atoms with E-state index < -0.39 is 0 Å². The van der Waals surface area contributed by atoms with E-state index in [1.165, 1.54) is 11.1 Å². The van der Waals surface area contributed by atoms with E-state index in [0.717, 1.165) is 43.7 Å². The van der Waals surface area contributed by atoms with Gasteiger partial charge in [0.2, 0.25) is 0 Å². The Labute approximate surface area is 139 Å². The molecule has 0 amide bonds. The zero-order chi connectivity index (χ0) is 16.7. The van der Waals surface area contributed by atoms with Gasteiger partial charge in [-0.1, -0.05) is 18.2 Å². The van der Waals surface area contributed by atoms with Gasteiger partial charge in [0.1, 0.15) is 0 Å². The lowest BCUT2D eigenvalue weighted by molar-refractivity contribution is -0.370. The van der Waals surface area contributed by atoms with Gasteiger partial charge in [-0.3, -0.25) is 9.68 Å². The molecule has 0 saturated carbocycles. The summed E-state index contributed by atoms with van der Waals surface area (Å²) in [6, 6.07) is 4.15. The van der Waals surface area contributed by atoms with Crippen LogP contribution in [-0.4, -0.2) is 39.2 Å². The lowest BCUT2D eigenvalue weighted by Gasteiger charge is -2.30. The molecular formula is C18H29NO4. The summed E-state index contributed by atoms with van der Waals surface area (Å²) in [6.45, 7) is 6.18. The molecule has 5 heteroatoms.